The first-order valence-corrected chi connectivity index (χ1v) is 10.8. The highest BCUT2D eigenvalue weighted by molar-refractivity contribution is 8.26. The van der Waals surface area contributed by atoms with Crippen molar-refractivity contribution in [2.75, 3.05) is 0 Å². The van der Waals surface area contributed by atoms with Gasteiger partial charge in [0, 0.05) is 29.3 Å². The average molecular weight is 429 g/mol. The maximum absolute atomic E-state index is 12.9. The Labute approximate surface area is 178 Å². The molecule has 2 fully saturated rings. The van der Waals surface area contributed by atoms with Gasteiger partial charge >= 0.3 is 0 Å². The Morgan fingerprint density at radius 3 is 2.69 bits per heavy atom. The molecular weight excluding hydrogens is 408 g/mol. The van der Waals surface area contributed by atoms with Crippen LogP contribution in [0.1, 0.15) is 43.4 Å². The van der Waals surface area contributed by atoms with Gasteiger partial charge in [-0.1, -0.05) is 43.2 Å². The van der Waals surface area contributed by atoms with E-state index in [1.165, 1.54) is 24.2 Å². The lowest BCUT2D eigenvalue weighted by Crippen LogP contribution is -2.39. The summed E-state index contributed by atoms with van der Waals surface area (Å²) in [5, 5.41) is 11.0. The van der Waals surface area contributed by atoms with E-state index in [-0.39, 0.29) is 17.6 Å². The molecule has 1 saturated heterocycles. The van der Waals surface area contributed by atoms with Crippen molar-refractivity contribution in [3.05, 3.63) is 56.7 Å². The van der Waals surface area contributed by atoms with Crippen molar-refractivity contribution in [2.45, 2.75) is 45.1 Å². The molecule has 0 N–H and O–H groups in total. The van der Waals surface area contributed by atoms with E-state index in [0.717, 1.165) is 31.2 Å². The van der Waals surface area contributed by atoms with E-state index in [9.17, 15) is 14.9 Å². The topological polar surface area (TPSA) is 76.6 Å². The number of carbonyl (C=O) groups is 1. The normalized spacial score (nSPS) is 19.3. The molecule has 2 aromatic rings. The number of thiocarbonyl (C=S) groups is 1. The minimum Gasteiger partial charge on any atom is -0.457 e. The van der Waals surface area contributed by atoms with Crippen LogP contribution >= 0.6 is 24.0 Å². The van der Waals surface area contributed by atoms with Crippen molar-refractivity contribution < 1.29 is 14.1 Å². The molecule has 1 aliphatic heterocycles. The van der Waals surface area contributed by atoms with Gasteiger partial charge in [0.2, 0.25) is 0 Å². The lowest BCUT2D eigenvalue weighted by molar-refractivity contribution is -0.385. The Kier molecular flexibility index (Phi) is 5.56. The standard InChI is InChI=1S/C21H20N2O4S2/c1-13-11-14(7-9-17(13)23(25)26)18-10-8-16(27-18)12-19-20(24)22(21(28)29-19)15-5-3-2-4-6-15/h7-12,15H,2-6H2,1H3. The van der Waals surface area contributed by atoms with Gasteiger partial charge < -0.3 is 4.42 Å². The van der Waals surface area contributed by atoms with Crippen molar-refractivity contribution in [1.29, 1.82) is 0 Å². The van der Waals surface area contributed by atoms with Crippen molar-refractivity contribution in [3.63, 3.8) is 0 Å². The SMILES string of the molecule is Cc1cc(-c2ccc(C=C3SC(=S)N(C4CCCCC4)C3=O)o2)ccc1[N+](=O)[O-]. The second-order valence-electron chi connectivity index (χ2n) is 7.30. The fraction of sp³-hybridized carbons (Fsp3) is 0.333. The third-order valence-corrected chi connectivity index (χ3v) is 6.67. The third-order valence-electron chi connectivity index (χ3n) is 5.34. The predicted octanol–water partition coefficient (Wildman–Crippen LogP) is 5.70. The molecule has 2 aliphatic rings. The number of nitrogens with zero attached hydrogens (tertiary/aromatic N) is 2. The van der Waals surface area contributed by atoms with Crippen molar-refractivity contribution in [1.82, 2.24) is 4.90 Å². The van der Waals surface area contributed by atoms with Crippen LogP contribution in [0.5, 0.6) is 0 Å². The maximum Gasteiger partial charge on any atom is 0.272 e. The first kappa shape index (κ1) is 19.8. The Morgan fingerprint density at radius 1 is 1.24 bits per heavy atom. The van der Waals surface area contributed by atoms with Gasteiger partial charge in [-0.05, 0) is 44.0 Å². The van der Waals surface area contributed by atoms with Gasteiger partial charge in [-0.25, -0.2) is 0 Å². The number of hydrogen-bond acceptors (Lipinski definition) is 6. The largest absolute Gasteiger partial charge is 0.457 e. The van der Waals surface area contributed by atoms with Crippen LogP contribution in [0.25, 0.3) is 17.4 Å². The molecule has 4 rings (SSSR count). The first-order valence-electron chi connectivity index (χ1n) is 9.56. The molecule has 1 aromatic heterocycles. The van der Waals surface area contributed by atoms with Crippen LogP contribution in [-0.2, 0) is 4.79 Å². The number of amides is 1. The molecule has 1 saturated carbocycles. The Morgan fingerprint density at radius 2 is 2.00 bits per heavy atom. The number of furan rings is 1. The number of aryl methyl sites for hydroxylation is 1. The fourth-order valence-electron chi connectivity index (χ4n) is 3.86. The van der Waals surface area contributed by atoms with Crippen LogP contribution < -0.4 is 0 Å². The summed E-state index contributed by atoms with van der Waals surface area (Å²) in [5.41, 5.74) is 1.40. The van der Waals surface area contributed by atoms with Crippen LogP contribution in [-0.4, -0.2) is 26.1 Å². The van der Waals surface area contributed by atoms with E-state index in [1.807, 2.05) is 0 Å². The van der Waals surface area contributed by atoms with Gasteiger partial charge in [-0.2, -0.15) is 0 Å². The number of thioether (sulfide) groups is 1. The van der Waals surface area contributed by atoms with E-state index in [1.54, 1.807) is 42.2 Å². The molecule has 8 heteroatoms. The lowest BCUT2D eigenvalue weighted by atomic mass is 9.94. The van der Waals surface area contributed by atoms with Gasteiger partial charge in [-0.3, -0.25) is 19.8 Å². The highest BCUT2D eigenvalue weighted by atomic mass is 32.2. The molecule has 1 amide bonds. The van der Waals surface area contributed by atoms with Crippen LogP contribution in [0.4, 0.5) is 5.69 Å². The molecule has 0 radical (unpaired) electrons. The summed E-state index contributed by atoms with van der Waals surface area (Å²) in [4.78, 5) is 25.8. The molecule has 29 heavy (non-hydrogen) atoms. The summed E-state index contributed by atoms with van der Waals surface area (Å²) < 4.78 is 6.49. The second kappa shape index (κ2) is 8.12. The number of hydrogen-bond donors (Lipinski definition) is 0. The van der Waals surface area contributed by atoms with Crippen LogP contribution in [0.2, 0.25) is 0 Å². The Balaban J connectivity index is 1.55. The smallest absolute Gasteiger partial charge is 0.272 e. The first-order chi connectivity index (χ1) is 13.9. The third kappa shape index (κ3) is 4.00. The van der Waals surface area contributed by atoms with E-state index < -0.39 is 4.92 Å². The molecule has 0 unspecified atom stereocenters. The van der Waals surface area contributed by atoms with Crippen LogP contribution in [0, 0.1) is 17.0 Å². The van der Waals surface area contributed by atoms with Crippen molar-refractivity contribution in [3.8, 4) is 11.3 Å². The summed E-state index contributed by atoms with van der Waals surface area (Å²) in [6.45, 7) is 1.70. The highest BCUT2D eigenvalue weighted by Gasteiger charge is 2.37. The summed E-state index contributed by atoms with van der Waals surface area (Å²) in [6, 6.07) is 8.66. The van der Waals surface area contributed by atoms with E-state index in [4.69, 9.17) is 16.6 Å². The number of nitro benzene ring substituents is 1. The fourth-order valence-corrected chi connectivity index (χ4v) is 5.24. The molecule has 0 atom stereocenters. The summed E-state index contributed by atoms with van der Waals surface area (Å²) in [7, 11) is 0. The van der Waals surface area contributed by atoms with Gasteiger partial charge in [0.15, 0.2) is 0 Å². The zero-order valence-corrected chi connectivity index (χ0v) is 17.6. The van der Waals surface area contributed by atoms with Gasteiger partial charge in [-0.15, -0.1) is 0 Å². The minimum atomic E-state index is -0.402. The Bertz CT molecular complexity index is 1020. The molecule has 0 spiro atoms. The van der Waals surface area contributed by atoms with Gasteiger partial charge in [0.1, 0.15) is 15.8 Å². The second-order valence-corrected chi connectivity index (χ2v) is 8.98. The molecule has 150 valence electrons. The van der Waals surface area contributed by atoms with E-state index in [2.05, 4.69) is 0 Å². The molecular formula is C21H20N2O4S2. The highest BCUT2D eigenvalue weighted by Crippen LogP contribution is 2.38. The summed E-state index contributed by atoms with van der Waals surface area (Å²) >= 11 is 6.78. The number of rotatable bonds is 4. The zero-order valence-electron chi connectivity index (χ0n) is 15.9. The van der Waals surface area contributed by atoms with Crippen LogP contribution in [0.15, 0.2) is 39.7 Å². The Hall–Kier alpha value is -2.45. The van der Waals surface area contributed by atoms with E-state index in [0.29, 0.717) is 26.3 Å². The number of carbonyl (C=O) groups excluding carboxylic acids is 1. The zero-order chi connectivity index (χ0) is 20.5. The molecule has 1 aromatic carbocycles. The van der Waals surface area contributed by atoms with E-state index >= 15 is 0 Å². The quantitative estimate of drug-likeness (QED) is 0.269. The summed E-state index contributed by atoms with van der Waals surface area (Å²) in [5.74, 6) is 1.10. The van der Waals surface area contributed by atoms with Crippen molar-refractivity contribution >= 4 is 46.0 Å². The van der Waals surface area contributed by atoms with Crippen molar-refractivity contribution in [2.24, 2.45) is 0 Å². The molecule has 1 aliphatic carbocycles. The predicted molar refractivity (Wildman–Crippen MR) is 117 cm³/mol. The summed E-state index contributed by atoms with van der Waals surface area (Å²) in [6.07, 6.45) is 7.23. The molecule has 0 bridgehead atoms. The number of nitro groups is 1. The van der Waals surface area contributed by atoms with Crippen LogP contribution in [0.3, 0.4) is 0 Å². The molecule has 6 nitrogen and oxygen atoms in total. The lowest BCUT2D eigenvalue weighted by Gasteiger charge is -2.29. The maximum atomic E-state index is 12.9. The number of benzene rings is 1. The monoisotopic (exact) mass is 428 g/mol. The van der Waals surface area contributed by atoms with Gasteiger partial charge in [0.05, 0.1) is 9.83 Å². The minimum absolute atomic E-state index is 0.0453. The average Bonchev–Trinajstić information content (AvgIpc) is 3.27. The molecule has 2 heterocycles. The van der Waals surface area contributed by atoms with Gasteiger partial charge in [0.25, 0.3) is 11.6 Å².